The molecular formula is C22H30N6O5. The first kappa shape index (κ1) is 24.2. The van der Waals surface area contributed by atoms with Gasteiger partial charge in [-0.25, -0.2) is 4.79 Å². The number of hydrogen-bond donors (Lipinski definition) is 3. The molecule has 0 spiro atoms. The van der Waals surface area contributed by atoms with Crippen LogP contribution in [0.4, 0.5) is 17.2 Å². The Morgan fingerprint density at radius 3 is 2.45 bits per heavy atom. The summed E-state index contributed by atoms with van der Waals surface area (Å²) < 4.78 is 6.53. The summed E-state index contributed by atoms with van der Waals surface area (Å²) in [6, 6.07) is 7.53. The number of carbonyl (C=O) groups excluding carboxylic acids is 2. The van der Waals surface area contributed by atoms with Crippen LogP contribution in [0, 0.1) is 0 Å². The summed E-state index contributed by atoms with van der Waals surface area (Å²) in [7, 11) is 1.59. The molecule has 1 aliphatic heterocycles. The van der Waals surface area contributed by atoms with Crippen molar-refractivity contribution >= 4 is 28.9 Å². The molecule has 0 aliphatic carbocycles. The molecule has 1 saturated heterocycles. The van der Waals surface area contributed by atoms with Crippen molar-refractivity contribution < 1.29 is 14.3 Å². The predicted molar refractivity (Wildman–Crippen MR) is 126 cm³/mol. The highest BCUT2D eigenvalue weighted by Crippen LogP contribution is 2.19. The lowest BCUT2D eigenvalue weighted by Crippen LogP contribution is -2.40. The van der Waals surface area contributed by atoms with Crippen LogP contribution in [0.3, 0.4) is 0 Å². The first-order chi connectivity index (χ1) is 15.8. The maximum absolute atomic E-state index is 12.7. The van der Waals surface area contributed by atoms with E-state index in [9.17, 15) is 19.2 Å². The molecule has 11 heteroatoms. The second kappa shape index (κ2) is 10.9. The lowest BCUT2D eigenvalue weighted by molar-refractivity contribution is -0.116. The van der Waals surface area contributed by atoms with Gasteiger partial charge in [0.05, 0.1) is 26.3 Å². The van der Waals surface area contributed by atoms with Crippen molar-refractivity contribution in [1.82, 2.24) is 14.5 Å². The summed E-state index contributed by atoms with van der Waals surface area (Å²) in [6.45, 7) is 4.90. The number of nitrogens with zero attached hydrogens (tertiary/aromatic N) is 3. The zero-order valence-electron chi connectivity index (χ0n) is 18.9. The molecule has 0 bridgehead atoms. The lowest BCUT2D eigenvalue weighted by Gasteiger charge is -2.28. The highest BCUT2D eigenvalue weighted by atomic mass is 16.5. The fourth-order valence-electron chi connectivity index (χ4n) is 3.71. The van der Waals surface area contributed by atoms with Crippen molar-refractivity contribution in [3.63, 3.8) is 0 Å². The number of rotatable bonds is 9. The molecule has 1 aliphatic rings. The average Bonchev–Trinajstić information content (AvgIpc) is 2.77. The first-order valence-electron chi connectivity index (χ1n) is 10.9. The Balaban J connectivity index is 1.58. The van der Waals surface area contributed by atoms with Gasteiger partial charge in [-0.2, -0.15) is 0 Å². The van der Waals surface area contributed by atoms with Crippen LogP contribution in [0.1, 0.15) is 23.7 Å². The minimum absolute atomic E-state index is 0.0661. The standard InChI is InChI=1S/C22H30N6O5/c1-3-8-28-20(23)19(21(31)25-22(28)32)17(29)13-26(2)14-18(30)24-15-4-6-16(7-5-15)27-9-11-33-12-10-27/h4-7H,3,8-14,23H2,1-2H3,(H,24,30)(H,25,31,32). The van der Waals surface area contributed by atoms with Crippen LogP contribution in [0.2, 0.25) is 0 Å². The molecule has 3 rings (SSSR count). The summed E-state index contributed by atoms with van der Waals surface area (Å²) in [6.07, 6.45) is 0.608. The number of aromatic nitrogens is 2. The zero-order valence-corrected chi connectivity index (χ0v) is 18.9. The number of aromatic amines is 1. The summed E-state index contributed by atoms with van der Waals surface area (Å²) in [5.74, 6) is -1.03. The molecule has 1 aromatic carbocycles. The minimum Gasteiger partial charge on any atom is -0.384 e. The largest absolute Gasteiger partial charge is 0.384 e. The second-order valence-corrected chi connectivity index (χ2v) is 7.96. The highest BCUT2D eigenvalue weighted by Gasteiger charge is 2.21. The van der Waals surface area contributed by atoms with Gasteiger partial charge in [-0.05, 0) is 37.7 Å². The zero-order chi connectivity index (χ0) is 24.0. The van der Waals surface area contributed by atoms with Gasteiger partial charge >= 0.3 is 5.69 Å². The van der Waals surface area contributed by atoms with Crippen LogP contribution in [0.25, 0.3) is 0 Å². The SMILES string of the molecule is CCCn1c(N)c(C(=O)CN(C)CC(=O)Nc2ccc(N3CCOCC3)cc2)c(=O)[nH]c1=O. The molecular weight excluding hydrogens is 428 g/mol. The van der Waals surface area contributed by atoms with Gasteiger partial charge in [-0.1, -0.05) is 6.92 Å². The van der Waals surface area contributed by atoms with Crippen LogP contribution in [-0.4, -0.2) is 72.6 Å². The lowest BCUT2D eigenvalue weighted by atomic mass is 10.2. The van der Waals surface area contributed by atoms with E-state index in [0.29, 0.717) is 25.3 Å². The van der Waals surface area contributed by atoms with E-state index in [4.69, 9.17) is 10.5 Å². The van der Waals surface area contributed by atoms with E-state index in [1.807, 2.05) is 31.2 Å². The van der Waals surface area contributed by atoms with Crippen LogP contribution in [-0.2, 0) is 16.1 Å². The van der Waals surface area contributed by atoms with E-state index in [0.717, 1.165) is 18.8 Å². The minimum atomic E-state index is -0.826. The molecule has 0 atom stereocenters. The molecule has 0 unspecified atom stereocenters. The van der Waals surface area contributed by atoms with Gasteiger partial charge in [0.15, 0.2) is 5.78 Å². The van der Waals surface area contributed by atoms with Crippen molar-refractivity contribution in [2.24, 2.45) is 0 Å². The molecule has 178 valence electrons. The van der Waals surface area contributed by atoms with Gasteiger partial charge in [0.25, 0.3) is 5.56 Å². The van der Waals surface area contributed by atoms with Gasteiger partial charge < -0.3 is 20.7 Å². The van der Waals surface area contributed by atoms with E-state index in [1.54, 1.807) is 7.05 Å². The Morgan fingerprint density at radius 1 is 1.15 bits per heavy atom. The molecule has 2 heterocycles. The monoisotopic (exact) mass is 458 g/mol. The van der Waals surface area contributed by atoms with Crippen LogP contribution in [0.5, 0.6) is 0 Å². The Hall–Kier alpha value is -3.44. The molecule has 0 saturated carbocycles. The van der Waals surface area contributed by atoms with Gasteiger partial charge in [-0.15, -0.1) is 0 Å². The quantitative estimate of drug-likeness (QED) is 0.450. The average molecular weight is 459 g/mol. The maximum atomic E-state index is 12.7. The van der Waals surface area contributed by atoms with E-state index < -0.39 is 17.0 Å². The predicted octanol–water partition coefficient (Wildman–Crippen LogP) is 0.119. The Morgan fingerprint density at radius 2 is 1.82 bits per heavy atom. The van der Waals surface area contributed by atoms with Crippen molar-refractivity contribution in [2.45, 2.75) is 19.9 Å². The second-order valence-electron chi connectivity index (χ2n) is 7.96. The van der Waals surface area contributed by atoms with Crippen molar-refractivity contribution in [1.29, 1.82) is 0 Å². The van der Waals surface area contributed by atoms with Crippen LogP contribution in [0.15, 0.2) is 33.9 Å². The fourth-order valence-corrected chi connectivity index (χ4v) is 3.71. The van der Waals surface area contributed by atoms with E-state index >= 15 is 0 Å². The van der Waals surface area contributed by atoms with Gasteiger partial charge in [0.1, 0.15) is 11.4 Å². The number of nitrogens with two attached hydrogens (primary N) is 1. The number of amides is 1. The number of H-pyrrole nitrogens is 1. The first-order valence-corrected chi connectivity index (χ1v) is 10.9. The van der Waals surface area contributed by atoms with Gasteiger partial charge in [0, 0.05) is 31.0 Å². The number of nitrogen functional groups attached to an aromatic ring is 1. The molecule has 0 radical (unpaired) electrons. The maximum Gasteiger partial charge on any atom is 0.329 e. The number of carbonyl (C=O) groups is 2. The number of morpholine rings is 1. The third kappa shape index (κ3) is 6.08. The van der Waals surface area contributed by atoms with Gasteiger partial charge in [-0.3, -0.25) is 28.8 Å². The van der Waals surface area contributed by atoms with Crippen molar-refractivity contribution in [3.05, 3.63) is 50.7 Å². The summed E-state index contributed by atoms with van der Waals surface area (Å²) >= 11 is 0. The molecule has 1 fully saturated rings. The smallest absolute Gasteiger partial charge is 0.329 e. The Kier molecular flexibility index (Phi) is 8.01. The number of ketones is 1. The van der Waals surface area contributed by atoms with Crippen molar-refractivity contribution in [2.75, 3.05) is 62.4 Å². The number of nitrogens with one attached hydrogen (secondary N) is 2. The third-order valence-electron chi connectivity index (χ3n) is 5.32. The molecule has 33 heavy (non-hydrogen) atoms. The topological polar surface area (TPSA) is 143 Å². The number of likely N-dealkylation sites (N-methyl/N-ethyl adjacent to an activating group) is 1. The van der Waals surface area contributed by atoms with Gasteiger partial charge in [0.2, 0.25) is 5.91 Å². The Bertz CT molecular complexity index is 1100. The number of Topliss-reactive ketones (excluding diaryl/α,β-unsaturated/α-hetero) is 1. The number of hydrogen-bond acceptors (Lipinski definition) is 8. The normalized spacial score (nSPS) is 13.8. The van der Waals surface area contributed by atoms with Crippen molar-refractivity contribution in [3.8, 4) is 0 Å². The Labute approximate surface area is 191 Å². The molecule has 1 amide bonds. The molecule has 11 nitrogen and oxygen atoms in total. The third-order valence-corrected chi connectivity index (χ3v) is 5.32. The van der Waals surface area contributed by atoms with E-state index in [2.05, 4.69) is 15.2 Å². The highest BCUT2D eigenvalue weighted by molar-refractivity contribution is 6.01. The van der Waals surface area contributed by atoms with E-state index in [-0.39, 0.29) is 36.9 Å². The van der Waals surface area contributed by atoms with E-state index in [1.165, 1.54) is 9.47 Å². The summed E-state index contributed by atoms with van der Waals surface area (Å²) in [5.41, 5.74) is 5.89. The fraction of sp³-hybridized carbons (Fsp3) is 0.455. The van der Waals surface area contributed by atoms with Crippen LogP contribution < -0.4 is 27.2 Å². The number of anilines is 3. The van der Waals surface area contributed by atoms with Crippen LogP contribution >= 0.6 is 0 Å². The number of benzene rings is 1. The molecule has 2 aromatic rings. The summed E-state index contributed by atoms with van der Waals surface area (Å²) in [4.78, 5) is 55.0. The molecule has 1 aromatic heterocycles. The summed E-state index contributed by atoms with van der Waals surface area (Å²) in [5, 5.41) is 2.80. The molecule has 4 N–H and O–H groups in total. The number of ether oxygens (including phenoxy) is 1.